The molecule has 1 saturated carbocycles. The van der Waals surface area contributed by atoms with Crippen molar-refractivity contribution in [3.05, 3.63) is 35.4 Å². The smallest absolute Gasteiger partial charge is 0.130 e. The highest BCUT2D eigenvalue weighted by Crippen LogP contribution is 2.34. The zero-order chi connectivity index (χ0) is 14.1. The molecule has 2 atom stereocenters. The van der Waals surface area contributed by atoms with Crippen LogP contribution in [0.15, 0.2) is 18.2 Å². The van der Waals surface area contributed by atoms with Gasteiger partial charge in [0, 0.05) is 36.8 Å². The molecule has 4 heteroatoms. The molecule has 1 aliphatic heterocycles. The van der Waals surface area contributed by atoms with Crippen LogP contribution in [0, 0.1) is 17.6 Å². The van der Waals surface area contributed by atoms with Gasteiger partial charge in [0.1, 0.15) is 11.6 Å². The predicted octanol–water partition coefficient (Wildman–Crippen LogP) is 2.93. The Hall–Kier alpha value is -1.00. The number of halogens is 2. The zero-order valence-electron chi connectivity index (χ0n) is 11.9. The highest BCUT2D eigenvalue weighted by molar-refractivity contribution is 5.18. The first kappa shape index (κ1) is 14.0. The molecule has 0 radical (unpaired) electrons. The van der Waals surface area contributed by atoms with Gasteiger partial charge in [-0.3, -0.25) is 4.90 Å². The Morgan fingerprint density at radius 3 is 2.75 bits per heavy atom. The summed E-state index contributed by atoms with van der Waals surface area (Å²) in [5.41, 5.74) is 0.592. The number of hydrogen-bond acceptors (Lipinski definition) is 2. The molecular formula is C16H22F2N2. The lowest BCUT2D eigenvalue weighted by Gasteiger charge is -2.29. The van der Waals surface area contributed by atoms with E-state index in [2.05, 4.69) is 17.1 Å². The summed E-state index contributed by atoms with van der Waals surface area (Å²) >= 11 is 0. The maximum absolute atomic E-state index is 13.8. The van der Waals surface area contributed by atoms with Crippen molar-refractivity contribution in [2.24, 2.45) is 5.92 Å². The van der Waals surface area contributed by atoms with Crippen LogP contribution in [0.4, 0.5) is 8.78 Å². The minimum absolute atomic E-state index is 0.427. The number of benzene rings is 1. The number of nitrogens with one attached hydrogen (secondary N) is 1. The van der Waals surface area contributed by atoms with E-state index in [9.17, 15) is 8.78 Å². The summed E-state index contributed by atoms with van der Waals surface area (Å²) in [6.07, 6.45) is 3.70. The van der Waals surface area contributed by atoms with Gasteiger partial charge in [-0.1, -0.05) is 6.07 Å². The summed E-state index contributed by atoms with van der Waals surface area (Å²) < 4.78 is 26.8. The lowest BCUT2D eigenvalue weighted by Crippen LogP contribution is -2.41. The summed E-state index contributed by atoms with van der Waals surface area (Å²) in [5.74, 6) is -0.147. The van der Waals surface area contributed by atoms with Gasteiger partial charge in [0.25, 0.3) is 0 Å². The van der Waals surface area contributed by atoms with Gasteiger partial charge in [-0.05, 0) is 44.7 Å². The van der Waals surface area contributed by atoms with E-state index in [0.29, 0.717) is 24.2 Å². The monoisotopic (exact) mass is 280 g/mol. The third-order valence-electron chi connectivity index (χ3n) is 4.60. The highest BCUT2D eigenvalue weighted by atomic mass is 19.1. The molecule has 1 aromatic rings. The number of nitrogens with zero attached hydrogens (tertiary/aromatic N) is 1. The maximum Gasteiger partial charge on any atom is 0.130 e. The first-order chi connectivity index (χ1) is 9.63. The molecule has 3 rings (SSSR count). The molecule has 1 N–H and O–H groups in total. The van der Waals surface area contributed by atoms with Gasteiger partial charge in [-0.15, -0.1) is 0 Å². The van der Waals surface area contributed by atoms with E-state index in [0.717, 1.165) is 31.5 Å². The van der Waals surface area contributed by atoms with Crippen molar-refractivity contribution in [3.63, 3.8) is 0 Å². The Bertz CT molecular complexity index is 474. The van der Waals surface area contributed by atoms with Crippen molar-refractivity contribution >= 4 is 0 Å². The number of hydrogen-bond donors (Lipinski definition) is 1. The van der Waals surface area contributed by atoms with E-state index in [-0.39, 0.29) is 0 Å². The second-order valence-electron chi connectivity index (χ2n) is 6.20. The molecule has 2 fully saturated rings. The average molecular weight is 280 g/mol. The molecule has 2 unspecified atom stereocenters. The summed E-state index contributed by atoms with van der Waals surface area (Å²) in [5, 5.41) is 3.62. The fourth-order valence-electron chi connectivity index (χ4n) is 3.06. The van der Waals surface area contributed by atoms with Gasteiger partial charge >= 0.3 is 0 Å². The van der Waals surface area contributed by atoms with E-state index in [1.807, 2.05) is 0 Å². The standard InChI is InChI=1S/C16H22F2N2/c1-11-6-7-19-16(12-2-3-12)10-20(11)9-13-4-5-14(17)8-15(13)18/h4-5,8,11-12,16,19H,2-3,6-7,9-10H2,1H3. The average Bonchev–Trinajstić information content (AvgIpc) is 3.22. The molecule has 110 valence electrons. The topological polar surface area (TPSA) is 15.3 Å². The van der Waals surface area contributed by atoms with Crippen LogP contribution in [0.2, 0.25) is 0 Å². The Morgan fingerprint density at radius 1 is 1.25 bits per heavy atom. The maximum atomic E-state index is 13.8. The largest absolute Gasteiger partial charge is 0.312 e. The summed E-state index contributed by atoms with van der Waals surface area (Å²) in [4.78, 5) is 2.33. The molecular weight excluding hydrogens is 258 g/mol. The second kappa shape index (κ2) is 5.78. The molecule has 1 saturated heterocycles. The molecule has 2 aliphatic rings. The van der Waals surface area contributed by atoms with Crippen molar-refractivity contribution in [1.29, 1.82) is 0 Å². The van der Waals surface area contributed by atoms with Crippen molar-refractivity contribution in [3.8, 4) is 0 Å². The Morgan fingerprint density at radius 2 is 2.05 bits per heavy atom. The SMILES string of the molecule is CC1CCNC(C2CC2)CN1Cc1ccc(F)cc1F. The van der Waals surface area contributed by atoms with Crippen molar-refractivity contribution in [2.75, 3.05) is 13.1 Å². The molecule has 0 aromatic heterocycles. The van der Waals surface area contributed by atoms with Crippen LogP contribution >= 0.6 is 0 Å². The number of rotatable bonds is 3. The zero-order valence-corrected chi connectivity index (χ0v) is 11.9. The van der Waals surface area contributed by atoms with Crippen molar-refractivity contribution in [1.82, 2.24) is 10.2 Å². The fraction of sp³-hybridized carbons (Fsp3) is 0.625. The summed E-state index contributed by atoms with van der Waals surface area (Å²) in [6.45, 7) is 4.75. The van der Waals surface area contributed by atoms with Crippen LogP contribution in [0.1, 0.15) is 31.7 Å². The Balaban J connectivity index is 1.72. The molecule has 0 spiro atoms. The third-order valence-corrected chi connectivity index (χ3v) is 4.60. The lowest BCUT2D eigenvalue weighted by atomic mass is 10.1. The van der Waals surface area contributed by atoms with E-state index in [4.69, 9.17) is 0 Å². The normalized spacial score (nSPS) is 28.4. The molecule has 0 amide bonds. The van der Waals surface area contributed by atoms with Gasteiger partial charge < -0.3 is 5.32 Å². The fourth-order valence-corrected chi connectivity index (χ4v) is 3.06. The minimum atomic E-state index is -0.507. The van der Waals surface area contributed by atoms with Crippen molar-refractivity contribution < 1.29 is 8.78 Å². The molecule has 0 bridgehead atoms. The van der Waals surface area contributed by atoms with Crippen LogP contribution in [-0.4, -0.2) is 30.1 Å². The van der Waals surface area contributed by atoms with E-state index >= 15 is 0 Å². The third kappa shape index (κ3) is 3.18. The summed E-state index contributed by atoms with van der Waals surface area (Å²) in [7, 11) is 0. The Kier molecular flexibility index (Phi) is 4.03. The van der Waals surface area contributed by atoms with Gasteiger partial charge in [-0.2, -0.15) is 0 Å². The van der Waals surface area contributed by atoms with Gasteiger partial charge in [0.2, 0.25) is 0 Å². The molecule has 1 aliphatic carbocycles. The van der Waals surface area contributed by atoms with Crippen LogP contribution in [0.25, 0.3) is 0 Å². The lowest BCUT2D eigenvalue weighted by molar-refractivity contribution is 0.188. The molecule has 2 nitrogen and oxygen atoms in total. The molecule has 1 heterocycles. The molecule has 20 heavy (non-hydrogen) atoms. The minimum Gasteiger partial charge on any atom is -0.312 e. The first-order valence-corrected chi connectivity index (χ1v) is 7.55. The van der Waals surface area contributed by atoms with Crippen LogP contribution < -0.4 is 5.32 Å². The predicted molar refractivity (Wildman–Crippen MR) is 75.4 cm³/mol. The van der Waals surface area contributed by atoms with Gasteiger partial charge in [0.15, 0.2) is 0 Å². The quantitative estimate of drug-likeness (QED) is 0.916. The second-order valence-corrected chi connectivity index (χ2v) is 6.20. The van der Waals surface area contributed by atoms with E-state index in [1.165, 1.54) is 18.9 Å². The van der Waals surface area contributed by atoms with Crippen LogP contribution in [0.5, 0.6) is 0 Å². The van der Waals surface area contributed by atoms with Crippen LogP contribution in [-0.2, 0) is 6.54 Å². The van der Waals surface area contributed by atoms with Gasteiger partial charge in [0.05, 0.1) is 0 Å². The first-order valence-electron chi connectivity index (χ1n) is 7.55. The highest BCUT2D eigenvalue weighted by Gasteiger charge is 2.34. The summed E-state index contributed by atoms with van der Waals surface area (Å²) in [6, 6.07) is 4.85. The molecule has 1 aromatic carbocycles. The van der Waals surface area contributed by atoms with E-state index < -0.39 is 11.6 Å². The Labute approximate surface area is 119 Å². The van der Waals surface area contributed by atoms with E-state index in [1.54, 1.807) is 6.07 Å². The van der Waals surface area contributed by atoms with Crippen molar-refractivity contribution in [2.45, 2.75) is 44.8 Å². The van der Waals surface area contributed by atoms with Crippen LogP contribution in [0.3, 0.4) is 0 Å². The van der Waals surface area contributed by atoms with Gasteiger partial charge in [-0.25, -0.2) is 8.78 Å².